The van der Waals surface area contributed by atoms with E-state index in [-0.39, 0.29) is 17.9 Å². The second kappa shape index (κ2) is 12.2. The molecule has 2 aliphatic heterocycles. The Labute approximate surface area is 209 Å². The predicted molar refractivity (Wildman–Crippen MR) is 135 cm³/mol. The lowest BCUT2D eigenvalue weighted by Crippen LogP contribution is -2.71. The number of hydrogen-bond donors (Lipinski definition) is 2. The van der Waals surface area contributed by atoms with E-state index in [2.05, 4.69) is 20.4 Å². The van der Waals surface area contributed by atoms with E-state index in [1.54, 1.807) is 7.11 Å². The highest BCUT2D eigenvalue weighted by atomic mass is 16.5. The molecule has 8 heteroatoms. The zero-order valence-electron chi connectivity index (χ0n) is 21.4. The number of ether oxygens (including phenoxy) is 2. The number of esters is 1. The lowest BCUT2D eigenvalue weighted by Gasteiger charge is -2.52. The highest BCUT2D eigenvalue weighted by molar-refractivity contribution is 5.84. The predicted octanol–water partition coefficient (Wildman–Crippen LogP) is 1.97. The van der Waals surface area contributed by atoms with Gasteiger partial charge in [0, 0.05) is 38.6 Å². The van der Waals surface area contributed by atoms with E-state index in [4.69, 9.17) is 9.47 Å². The van der Waals surface area contributed by atoms with Gasteiger partial charge in [-0.15, -0.1) is 0 Å². The second-order valence-corrected chi connectivity index (χ2v) is 10.1. The van der Waals surface area contributed by atoms with Crippen LogP contribution < -0.4 is 15.4 Å². The summed E-state index contributed by atoms with van der Waals surface area (Å²) in [5.41, 5.74) is 0.320. The van der Waals surface area contributed by atoms with Gasteiger partial charge in [0.2, 0.25) is 5.91 Å². The van der Waals surface area contributed by atoms with Gasteiger partial charge in [-0.1, -0.05) is 25.0 Å². The molecule has 0 aromatic heterocycles. The van der Waals surface area contributed by atoms with Crippen LogP contribution in [0.15, 0.2) is 24.3 Å². The van der Waals surface area contributed by atoms with Crippen LogP contribution in [0.25, 0.3) is 0 Å². The van der Waals surface area contributed by atoms with Crippen molar-refractivity contribution >= 4 is 11.9 Å². The molecule has 0 bridgehead atoms. The van der Waals surface area contributed by atoms with Gasteiger partial charge in [-0.2, -0.15) is 0 Å². The zero-order chi connectivity index (χ0) is 24.7. The van der Waals surface area contributed by atoms with Crippen molar-refractivity contribution in [1.82, 2.24) is 20.4 Å². The molecule has 2 N–H and O–H groups in total. The number of nitrogens with one attached hydrogen (secondary N) is 2. The summed E-state index contributed by atoms with van der Waals surface area (Å²) < 4.78 is 10.6. The molecular formula is C27H42N4O4. The van der Waals surface area contributed by atoms with Gasteiger partial charge in [0.15, 0.2) is 0 Å². The SMILES string of the molecule is COC(=O)C1(N2CCN(C3CCNCC3)CC2)CCCC[C@@H]1NC(=O)CCc1ccc(OC)cc1. The van der Waals surface area contributed by atoms with E-state index in [0.717, 1.165) is 76.3 Å². The Bertz CT molecular complexity index is 834. The highest BCUT2D eigenvalue weighted by Gasteiger charge is 2.53. The van der Waals surface area contributed by atoms with Gasteiger partial charge in [-0.25, -0.2) is 4.79 Å². The molecular weight excluding hydrogens is 444 g/mol. The zero-order valence-corrected chi connectivity index (χ0v) is 21.4. The number of piperazine rings is 1. The Morgan fingerprint density at radius 1 is 1.03 bits per heavy atom. The number of piperidine rings is 1. The number of carbonyl (C=O) groups excluding carboxylic acids is 2. The van der Waals surface area contributed by atoms with Crippen molar-refractivity contribution in [1.29, 1.82) is 0 Å². The van der Waals surface area contributed by atoms with E-state index in [1.165, 1.54) is 20.0 Å². The Morgan fingerprint density at radius 3 is 2.40 bits per heavy atom. The number of benzene rings is 1. The fourth-order valence-corrected chi connectivity index (χ4v) is 6.25. The lowest BCUT2D eigenvalue weighted by atomic mass is 9.75. The van der Waals surface area contributed by atoms with Crippen LogP contribution >= 0.6 is 0 Å². The summed E-state index contributed by atoms with van der Waals surface area (Å²) in [6.45, 7) is 5.75. The van der Waals surface area contributed by atoms with Crippen LogP contribution in [0.5, 0.6) is 5.75 Å². The molecule has 8 nitrogen and oxygen atoms in total. The maximum absolute atomic E-state index is 13.4. The fraction of sp³-hybridized carbons (Fsp3) is 0.704. The van der Waals surface area contributed by atoms with Crippen molar-refractivity contribution in [2.75, 3.05) is 53.5 Å². The third kappa shape index (κ3) is 5.98. The van der Waals surface area contributed by atoms with Crippen LogP contribution in [-0.4, -0.2) is 92.8 Å². The first kappa shape index (κ1) is 25.9. The summed E-state index contributed by atoms with van der Waals surface area (Å²) in [6.07, 6.45) is 6.95. The first-order valence-electron chi connectivity index (χ1n) is 13.3. The average molecular weight is 487 g/mol. The van der Waals surface area contributed by atoms with Crippen molar-refractivity contribution in [2.24, 2.45) is 0 Å². The maximum Gasteiger partial charge on any atom is 0.328 e. The standard InChI is InChI=1S/C27H42N4O4/c1-34-23-9-6-21(7-10-23)8-11-25(32)29-24-5-3-4-14-27(24,26(33)35-2)31-19-17-30(18-20-31)22-12-15-28-16-13-22/h6-7,9-10,22,24,28H,3-5,8,11-20H2,1-2H3,(H,29,32)/t24-,27?/m0/s1. The summed E-state index contributed by atoms with van der Waals surface area (Å²) in [6, 6.07) is 8.23. The van der Waals surface area contributed by atoms with Gasteiger partial charge in [-0.05, 0) is 62.9 Å². The molecule has 1 aromatic rings. The molecule has 2 saturated heterocycles. The van der Waals surface area contributed by atoms with E-state index >= 15 is 0 Å². The molecule has 1 unspecified atom stereocenters. The van der Waals surface area contributed by atoms with Crippen LogP contribution in [0.2, 0.25) is 0 Å². The Kier molecular flexibility index (Phi) is 9.03. The molecule has 3 fully saturated rings. The molecule has 194 valence electrons. The number of carbonyl (C=O) groups is 2. The highest BCUT2D eigenvalue weighted by Crippen LogP contribution is 2.36. The quantitative estimate of drug-likeness (QED) is 0.544. The summed E-state index contributed by atoms with van der Waals surface area (Å²) in [4.78, 5) is 31.3. The first-order valence-corrected chi connectivity index (χ1v) is 13.3. The number of hydrogen-bond acceptors (Lipinski definition) is 7. The molecule has 2 heterocycles. The number of rotatable bonds is 8. The normalized spacial score (nSPS) is 26.7. The van der Waals surface area contributed by atoms with Crippen molar-refractivity contribution in [3.05, 3.63) is 29.8 Å². The monoisotopic (exact) mass is 486 g/mol. The third-order valence-electron chi connectivity index (χ3n) is 8.25. The summed E-state index contributed by atoms with van der Waals surface area (Å²) >= 11 is 0. The van der Waals surface area contributed by atoms with Crippen molar-refractivity contribution in [2.45, 2.75) is 69.0 Å². The molecule has 0 radical (unpaired) electrons. The second-order valence-electron chi connectivity index (χ2n) is 10.1. The van der Waals surface area contributed by atoms with Gasteiger partial charge in [0.25, 0.3) is 0 Å². The molecule has 1 saturated carbocycles. The number of nitrogens with zero attached hydrogens (tertiary/aromatic N) is 2. The summed E-state index contributed by atoms with van der Waals surface area (Å²) in [5.74, 6) is 0.603. The largest absolute Gasteiger partial charge is 0.497 e. The van der Waals surface area contributed by atoms with E-state index in [0.29, 0.717) is 18.9 Å². The topological polar surface area (TPSA) is 83.1 Å². The molecule has 1 aliphatic carbocycles. The molecule has 4 rings (SSSR count). The van der Waals surface area contributed by atoms with Gasteiger partial charge < -0.3 is 20.1 Å². The van der Waals surface area contributed by atoms with E-state index in [1.807, 2.05) is 24.3 Å². The van der Waals surface area contributed by atoms with Crippen LogP contribution in [0.1, 0.15) is 50.5 Å². The van der Waals surface area contributed by atoms with Crippen LogP contribution in [0, 0.1) is 0 Å². The van der Waals surface area contributed by atoms with E-state index in [9.17, 15) is 9.59 Å². The van der Waals surface area contributed by atoms with Crippen LogP contribution in [-0.2, 0) is 20.7 Å². The fourth-order valence-electron chi connectivity index (χ4n) is 6.25. The minimum atomic E-state index is -0.775. The van der Waals surface area contributed by atoms with Crippen molar-refractivity contribution in [3.8, 4) is 5.75 Å². The molecule has 3 aliphatic rings. The van der Waals surface area contributed by atoms with Crippen LogP contribution in [0.3, 0.4) is 0 Å². The van der Waals surface area contributed by atoms with Gasteiger partial charge in [0.1, 0.15) is 11.3 Å². The minimum Gasteiger partial charge on any atom is -0.497 e. The van der Waals surface area contributed by atoms with Crippen molar-refractivity contribution in [3.63, 3.8) is 0 Å². The number of aryl methyl sites for hydroxylation is 1. The number of amides is 1. The van der Waals surface area contributed by atoms with E-state index < -0.39 is 5.54 Å². The Morgan fingerprint density at radius 2 is 1.74 bits per heavy atom. The number of methoxy groups -OCH3 is 2. The minimum absolute atomic E-state index is 0.00524. The Hall–Kier alpha value is -2.16. The van der Waals surface area contributed by atoms with Crippen LogP contribution in [0.4, 0.5) is 0 Å². The average Bonchev–Trinajstić information content (AvgIpc) is 2.92. The Balaban J connectivity index is 1.40. The maximum atomic E-state index is 13.4. The van der Waals surface area contributed by atoms with Crippen molar-refractivity contribution < 1.29 is 19.1 Å². The van der Waals surface area contributed by atoms with Gasteiger partial charge in [0.05, 0.1) is 20.3 Å². The molecule has 35 heavy (non-hydrogen) atoms. The molecule has 0 spiro atoms. The summed E-state index contributed by atoms with van der Waals surface area (Å²) in [5, 5.41) is 6.71. The first-order chi connectivity index (χ1) is 17.1. The third-order valence-corrected chi connectivity index (χ3v) is 8.25. The van der Waals surface area contributed by atoms with Gasteiger partial charge >= 0.3 is 5.97 Å². The summed E-state index contributed by atoms with van der Waals surface area (Å²) in [7, 11) is 3.13. The molecule has 1 amide bonds. The molecule has 1 aromatic carbocycles. The molecule has 2 atom stereocenters. The smallest absolute Gasteiger partial charge is 0.328 e. The lowest BCUT2D eigenvalue weighted by molar-refractivity contribution is -0.163. The van der Waals surface area contributed by atoms with Gasteiger partial charge in [-0.3, -0.25) is 14.6 Å².